The summed E-state index contributed by atoms with van der Waals surface area (Å²) in [5.41, 5.74) is 2.05. The van der Waals surface area contributed by atoms with Gasteiger partial charge in [-0.25, -0.2) is 0 Å². The summed E-state index contributed by atoms with van der Waals surface area (Å²) in [4.78, 5) is 2.40. The summed E-state index contributed by atoms with van der Waals surface area (Å²) in [5.74, 6) is 1.50. The molecule has 0 aromatic heterocycles. The van der Waals surface area contributed by atoms with Crippen LogP contribution in [0.5, 0.6) is 5.75 Å². The van der Waals surface area contributed by atoms with E-state index >= 15 is 0 Å². The molecule has 2 rings (SSSR count). The highest BCUT2D eigenvalue weighted by Crippen LogP contribution is 2.25. The van der Waals surface area contributed by atoms with Crippen molar-refractivity contribution in [1.29, 1.82) is 0 Å². The molecule has 1 aliphatic heterocycles. The van der Waals surface area contributed by atoms with Crippen molar-refractivity contribution in [1.82, 2.24) is 4.90 Å². The average Bonchev–Trinajstić information content (AvgIpc) is 2.49. The second-order valence-corrected chi connectivity index (χ2v) is 5.58. The van der Waals surface area contributed by atoms with Crippen LogP contribution in [0.15, 0.2) is 18.2 Å². The Hall–Kier alpha value is -1.10. The van der Waals surface area contributed by atoms with E-state index in [0.717, 1.165) is 42.9 Å². The van der Waals surface area contributed by atoms with Gasteiger partial charge in [0.25, 0.3) is 0 Å². The predicted molar refractivity (Wildman–Crippen MR) is 78.8 cm³/mol. The van der Waals surface area contributed by atoms with E-state index in [9.17, 15) is 5.11 Å². The molecule has 112 valence electrons. The van der Waals surface area contributed by atoms with Crippen LogP contribution in [0.25, 0.3) is 0 Å². The fourth-order valence-corrected chi connectivity index (χ4v) is 2.84. The Bertz CT molecular complexity index is 436. The summed E-state index contributed by atoms with van der Waals surface area (Å²) < 4.78 is 11.0. The first-order chi connectivity index (χ1) is 9.67. The van der Waals surface area contributed by atoms with Gasteiger partial charge in [0.1, 0.15) is 5.75 Å². The molecule has 0 radical (unpaired) electrons. The highest BCUT2D eigenvalue weighted by atomic mass is 16.5. The molecule has 1 aromatic rings. The molecule has 4 heteroatoms. The molecule has 0 spiro atoms. The third kappa shape index (κ3) is 3.51. The van der Waals surface area contributed by atoms with Gasteiger partial charge in [-0.05, 0) is 36.6 Å². The van der Waals surface area contributed by atoms with E-state index in [1.54, 1.807) is 14.2 Å². The van der Waals surface area contributed by atoms with Gasteiger partial charge in [-0.1, -0.05) is 13.0 Å². The largest absolute Gasteiger partial charge is 0.496 e. The van der Waals surface area contributed by atoms with Crippen LogP contribution < -0.4 is 4.74 Å². The van der Waals surface area contributed by atoms with Gasteiger partial charge in [0.2, 0.25) is 0 Å². The van der Waals surface area contributed by atoms with Crippen molar-refractivity contribution in [2.24, 2.45) is 5.92 Å². The summed E-state index contributed by atoms with van der Waals surface area (Å²) in [6, 6.07) is 5.86. The number of hydrogen-bond donors (Lipinski definition) is 1. The van der Waals surface area contributed by atoms with Crippen molar-refractivity contribution in [3.63, 3.8) is 0 Å². The Morgan fingerprint density at radius 2 is 2.15 bits per heavy atom. The van der Waals surface area contributed by atoms with Crippen LogP contribution in [-0.4, -0.2) is 43.4 Å². The van der Waals surface area contributed by atoms with Gasteiger partial charge < -0.3 is 14.6 Å². The number of hydrogen-bond acceptors (Lipinski definition) is 4. The summed E-state index contributed by atoms with van der Waals surface area (Å²) >= 11 is 0. The first kappa shape index (κ1) is 15.3. The van der Waals surface area contributed by atoms with E-state index in [4.69, 9.17) is 9.47 Å². The lowest BCUT2D eigenvalue weighted by molar-refractivity contribution is -0.00763. The normalized spacial score (nSPS) is 23.8. The highest BCUT2D eigenvalue weighted by Gasteiger charge is 2.26. The predicted octanol–water partition coefficient (Wildman–Crippen LogP) is 2.04. The zero-order valence-corrected chi connectivity index (χ0v) is 12.6. The van der Waals surface area contributed by atoms with Gasteiger partial charge in [0.05, 0.1) is 19.8 Å². The summed E-state index contributed by atoms with van der Waals surface area (Å²) in [6.07, 6.45) is 1.45. The first-order valence-electron chi connectivity index (χ1n) is 7.19. The lowest BCUT2D eigenvalue weighted by Gasteiger charge is -2.36. The first-order valence-corrected chi connectivity index (χ1v) is 7.19. The molecule has 4 nitrogen and oxygen atoms in total. The summed E-state index contributed by atoms with van der Waals surface area (Å²) in [7, 11) is 3.48. The van der Waals surface area contributed by atoms with Crippen LogP contribution in [0.4, 0.5) is 0 Å². The molecule has 0 bridgehead atoms. The number of nitrogens with zero attached hydrogens (tertiary/aromatic N) is 1. The molecule has 20 heavy (non-hydrogen) atoms. The number of likely N-dealkylation sites (tertiary alicyclic amines) is 1. The van der Waals surface area contributed by atoms with Gasteiger partial charge in [-0.15, -0.1) is 0 Å². The Kier molecular flexibility index (Phi) is 5.40. The van der Waals surface area contributed by atoms with Gasteiger partial charge in [0, 0.05) is 25.8 Å². The van der Waals surface area contributed by atoms with E-state index < -0.39 is 0 Å². The Morgan fingerprint density at radius 1 is 1.35 bits per heavy atom. The van der Waals surface area contributed by atoms with E-state index in [1.165, 1.54) is 0 Å². The third-order valence-corrected chi connectivity index (χ3v) is 4.20. The lowest BCUT2D eigenvalue weighted by atomic mass is 9.95. The fourth-order valence-electron chi connectivity index (χ4n) is 2.84. The lowest BCUT2D eigenvalue weighted by Crippen LogP contribution is -2.43. The maximum absolute atomic E-state index is 9.27. The molecule has 1 N–H and O–H groups in total. The Balaban J connectivity index is 2.09. The van der Waals surface area contributed by atoms with Crippen molar-refractivity contribution in [2.45, 2.75) is 32.6 Å². The van der Waals surface area contributed by atoms with Gasteiger partial charge in [-0.3, -0.25) is 4.90 Å². The molecule has 2 unspecified atom stereocenters. The van der Waals surface area contributed by atoms with Crippen molar-refractivity contribution >= 4 is 0 Å². The molecule has 2 atom stereocenters. The van der Waals surface area contributed by atoms with Gasteiger partial charge >= 0.3 is 0 Å². The van der Waals surface area contributed by atoms with Crippen LogP contribution in [0.3, 0.4) is 0 Å². The maximum atomic E-state index is 9.27. The van der Waals surface area contributed by atoms with E-state index in [0.29, 0.717) is 12.0 Å². The highest BCUT2D eigenvalue weighted by molar-refractivity contribution is 5.37. The minimum absolute atomic E-state index is 0.0642. The van der Waals surface area contributed by atoms with Crippen molar-refractivity contribution in [3.8, 4) is 5.75 Å². The van der Waals surface area contributed by atoms with Crippen LogP contribution in [0, 0.1) is 5.92 Å². The Morgan fingerprint density at radius 3 is 2.80 bits per heavy atom. The molecule has 1 fully saturated rings. The fraction of sp³-hybridized carbons (Fsp3) is 0.625. The van der Waals surface area contributed by atoms with E-state index in [2.05, 4.69) is 11.8 Å². The molecule has 1 heterocycles. The summed E-state index contributed by atoms with van der Waals surface area (Å²) in [5, 5.41) is 9.27. The molecular formula is C16H25NO3. The van der Waals surface area contributed by atoms with E-state index in [-0.39, 0.29) is 6.61 Å². The monoisotopic (exact) mass is 279 g/mol. The third-order valence-electron chi connectivity index (χ3n) is 4.20. The number of aliphatic hydroxyl groups excluding tert-OH is 1. The van der Waals surface area contributed by atoms with Crippen LogP contribution in [0.1, 0.15) is 24.5 Å². The van der Waals surface area contributed by atoms with Crippen molar-refractivity contribution in [3.05, 3.63) is 29.3 Å². The van der Waals surface area contributed by atoms with E-state index in [1.807, 2.05) is 18.2 Å². The van der Waals surface area contributed by atoms with Crippen LogP contribution >= 0.6 is 0 Å². The second-order valence-electron chi connectivity index (χ2n) is 5.58. The number of aliphatic hydroxyl groups is 1. The molecule has 0 aliphatic carbocycles. The number of piperidine rings is 1. The Labute approximate surface area is 121 Å². The zero-order valence-electron chi connectivity index (χ0n) is 12.6. The molecule has 0 saturated carbocycles. The van der Waals surface area contributed by atoms with Crippen molar-refractivity contribution < 1.29 is 14.6 Å². The van der Waals surface area contributed by atoms with Crippen LogP contribution in [0.2, 0.25) is 0 Å². The molecule has 1 aromatic carbocycles. The molecular weight excluding hydrogens is 254 g/mol. The number of benzene rings is 1. The number of ether oxygens (including phenoxy) is 2. The quantitative estimate of drug-likeness (QED) is 0.895. The van der Waals surface area contributed by atoms with Gasteiger partial charge in [0.15, 0.2) is 0 Å². The molecule has 1 aliphatic rings. The zero-order chi connectivity index (χ0) is 14.5. The van der Waals surface area contributed by atoms with Crippen LogP contribution in [-0.2, 0) is 17.9 Å². The minimum atomic E-state index is 0.0642. The number of rotatable bonds is 5. The standard InChI is InChI=1S/C16H25NO3/c1-12-6-7-17(10-16(12)20-3)9-14-8-13(11-18)4-5-15(14)19-2/h4-5,8,12,16,18H,6-7,9-11H2,1-3H3. The molecule has 1 saturated heterocycles. The average molecular weight is 279 g/mol. The molecule has 0 amide bonds. The summed E-state index contributed by atoms with van der Waals surface area (Å²) in [6.45, 7) is 5.18. The second kappa shape index (κ2) is 7.07. The van der Waals surface area contributed by atoms with Crippen molar-refractivity contribution in [2.75, 3.05) is 27.3 Å². The van der Waals surface area contributed by atoms with Gasteiger partial charge in [-0.2, -0.15) is 0 Å². The minimum Gasteiger partial charge on any atom is -0.496 e. The smallest absolute Gasteiger partial charge is 0.123 e. The maximum Gasteiger partial charge on any atom is 0.123 e. The number of methoxy groups -OCH3 is 2. The SMILES string of the molecule is COc1ccc(CO)cc1CN1CCC(C)C(OC)C1. The topological polar surface area (TPSA) is 41.9 Å².